The number of methoxy groups -OCH3 is 2. The predicted molar refractivity (Wildman–Crippen MR) is 93.8 cm³/mol. The van der Waals surface area contributed by atoms with Crippen molar-refractivity contribution in [2.45, 2.75) is 38.8 Å². The average Bonchev–Trinajstić information content (AvgIpc) is 2.56. The lowest BCUT2D eigenvalue weighted by molar-refractivity contribution is 0.153. The molecule has 124 valence electrons. The Kier molecular flexibility index (Phi) is 6.99. The number of piperidine rings is 1. The first-order valence-electron chi connectivity index (χ1n) is 8.04. The van der Waals surface area contributed by atoms with Crippen molar-refractivity contribution in [2.24, 2.45) is 0 Å². The molecule has 0 atom stereocenters. The van der Waals surface area contributed by atoms with Crippen LogP contribution in [-0.4, -0.2) is 44.8 Å². The van der Waals surface area contributed by atoms with Gasteiger partial charge in [0, 0.05) is 17.1 Å². The van der Waals surface area contributed by atoms with Gasteiger partial charge in [-0.3, -0.25) is 4.90 Å². The summed E-state index contributed by atoms with van der Waals surface area (Å²) < 4.78 is 11.9. The third-order valence-electron chi connectivity index (χ3n) is 4.26. The third-order valence-corrected chi connectivity index (χ3v) is 5.00. The molecule has 0 bridgehead atoms. The maximum Gasteiger partial charge on any atom is 0.161 e. The number of hydrogen-bond donors (Lipinski definition) is 1. The molecule has 0 amide bonds. The largest absolute Gasteiger partial charge is 0.493 e. The molecule has 1 aliphatic heterocycles. The lowest BCUT2D eigenvalue weighted by Gasteiger charge is -2.35. The molecule has 0 aromatic heterocycles. The van der Waals surface area contributed by atoms with Gasteiger partial charge in [-0.1, -0.05) is 22.9 Å². The number of hydrogen-bond acceptors (Lipinski definition) is 4. The fraction of sp³-hybridized carbons (Fsp3) is 0.647. The molecule has 1 heterocycles. The Morgan fingerprint density at radius 3 is 2.41 bits per heavy atom. The van der Waals surface area contributed by atoms with Gasteiger partial charge >= 0.3 is 0 Å². The Morgan fingerprint density at radius 2 is 1.82 bits per heavy atom. The molecular weight excluding hydrogens is 344 g/mol. The Labute approximate surface area is 142 Å². The molecule has 0 spiro atoms. The molecule has 2 rings (SSSR count). The molecule has 1 aliphatic rings. The highest BCUT2D eigenvalue weighted by Gasteiger charge is 2.21. The zero-order chi connectivity index (χ0) is 15.9. The number of nitrogens with zero attached hydrogens (tertiary/aromatic N) is 1. The number of nitrogens with one attached hydrogen (secondary N) is 1. The van der Waals surface area contributed by atoms with Gasteiger partial charge in [-0.2, -0.15) is 0 Å². The Hall–Kier alpha value is -0.780. The number of rotatable bonds is 7. The minimum absolute atomic E-state index is 0.668. The Bertz CT molecular complexity index is 476. The van der Waals surface area contributed by atoms with Gasteiger partial charge in [0.1, 0.15) is 0 Å². The second-order valence-electron chi connectivity index (χ2n) is 5.75. The van der Waals surface area contributed by atoms with Crippen LogP contribution in [0.25, 0.3) is 0 Å². The van der Waals surface area contributed by atoms with E-state index in [1.54, 1.807) is 14.2 Å². The molecule has 1 fully saturated rings. The van der Waals surface area contributed by atoms with E-state index in [-0.39, 0.29) is 0 Å². The summed E-state index contributed by atoms with van der Waals surface area (Å²) in [5.74, 6) is 1.56. The van der Waals surface area contributed by atoms with Crippen molar-refractivity contribution in [1.29, 1.82) is 0 Å². The fourth-order valence-electron chi connectivity index (χ4n) is 3.09. The maximum atomic E-state index is 5.44. The zero-order valence-electron chi connectivity index (χ0n) is 13.8. The smallest absolute Gasteiger partial charge is 0.161 e. The van der Waals surface area contributed by atoms with E-state index >= 15 is 0 Å². The monoisotopic (exact) mass is 370 g/mol. The highest BCUT2D eigenvalue weighted by atomic mass is 79.9. The first-order valence-corrected chi connectivity index (χ1v) is 8.84. The third kappa shape index (κ3) is 4.37. The molecule has 4 nitrogen and oxygen atoms in total. The van der Waals surface area contributed by atoms with Crippen molar-refractivity contribution >= 4 is 15.9 Å². The van der Waals surface area contributed by atoms with E-state index in [0.29, 0.717) is 6.04 Å². The molecular formula is C17H27BrN2O2. The van der Waals surface area contributed by atoms with E-state index in [1.165, 1.54) is 24.8 Å². The molecule has 0 unspecified atom stereocenters. The van der Waals surface area contributed by atoms with Gasteiger partial charge in [0.15, 0.2) is 11.5 Å². The van der Waals surface area contributed by atoms with Crippen molar-refractivity contribution in [3.8, 4) is 11.5 Å². The minimum Gasteiger partial charge on any atom is -0.493 e. The zero-order valence-corrected chi connectivity index (χ0v) is 15.4. The van der Waals surface area contributed by atoms with E-state index in [9.17, 15) is 0 Å². The molecule has 22 heavy (non-hydrogen) atoms. The van der Waals surface area contributed by atoms with Gasteiger partial charge in [0.05, 0.1) is 14.2 Å². The summed E-state index contributed by atoms with van der Waals surface area (Å²) in [7, 11) is 3.36. The first kappa shape index (κ1) is 17.6. The van der Waals surface area contributed by atoms with E-state index in [2.05, 4.69) is 39.1 Å². The quantitative estimate of drug-likeness (QED) is 0.796. The molecule has 0 aliphatic carbocycles. The van der Waals surface area contributed by atoms with Gasteiger partial charge in [-0.15, -0.1) is 0 Å². The average molecular weight is 371 g/mol. The van der Waals surface area contributed by atoms with E-state index in [0.717, 1.165) is 42.2 Å². The standard InChI is InChI=1S/C17H27BrN2O2/c1-4-9-20(14-5-7-19-8-6-14)12-13-10-16(21-2)17(22-3)11-15(13)18/h10-11,14,19H,4-9,12H2,1-3H3. The van der Waals surface area contributed by atoms with Crippen LogP contribution in [0.2, 0.25) is 0 Å². The van der Waals surface area contributed by atoms with Crippen molar-refractivity contribution in [1.82, 2.24) is 10.2 Å². The van der Waals surface area contributed by atoms with Crippen molar-refractivity contribution in [3.63, 3.8) is 0 Å². The normalized spacial score (nSPS) is 16.0. The van der Waals surface area contributed by atoms with Crippen LogP contribution >= 0.6 is 15.9 Å². The Morgan fingerprint density at radius 1 is 1.18 bits per heavy atom. The van der Waals surface area contributed by atoms with Crippen LogP contribution in [-0.2, 0) is 6.54 Å². The van der Waals surface area contributed by atoms with Crippen molar-refractivity contribution in [2.75, 3.05) is 33.9 Å². The second kappa shape index (κ2) is 8.75. The van der Waals surface area contributed by atoms with Gasteiger partial charge in [-0.05, 0) is 56.6 Å². The van der Waals surface area contributed by atoms with Crippen molar-refractivity contribution in [3.05, 3.63) is 22.2 Å². The van der Waals surface area contributed by atoms with Gasteiger partial charge in [-0.25, -0.2) is 0 Å². The summed E-state index contributed by atoms with van der Waals surface area (Å²) in [6.07, 6.45) is 3.63. The molecule has 1 aromatic carbocycles. The van der Waals surface area contributed by atoms with Gasteiger partial charge in [0.25, 0.3) is 0 Å². The maximum absolute atomic E-state index is 5.44. The highest BCUT2D eigenvalue weighted by molar-refractivity contribution is 9.10. The van der Waals surface area contributed by atoms with Gasteiger partial charge < -0.3 is 14.8 Å². The summed E-state index contributed by atoms with van der Waals surface area (Å²) in [5, 5.41) is 3.45. The summed E-state index contributed by atoms with van der Waals surface area (Å²) in [6.45, 7) is 6.57. The lowest BCUT2D eigenvalue weighted by Crippen LogP contribution is -2.43. The summed E-state index contributed by atoms with van der Waals surface area (Å²) in [5.41, 5.74) is 1.25. The highest BCUT2D eigenvalue weighted by Crippen LogP contribution is 2.34. The van der Waals surface area contributed by atoms with Gasteiger partial charge in [0.2, 0.25) is 0 Å². The number of halogens is 1. The van der Waals surface area contributed by atoms with E-state index in [4.69, 9.17) is 9.47 Å². The van der Waals surface area contributed by atoms with E-state index < -0.39 is 0 Å². The first-order chi connectivity index (χ1) is 10.7. The van der Waals surface area contributed by atoms with Crippen LogP contribution in [0.4, 0.5) is 0 Å². The van der Waals surface area contributed by atoms with Crippen LogP contribution in [0.5, 0.6) is 11.5 Å². The topological polar surface area (TPSA) is 33.7 Å². The SMILES string of the molecule is CCCN(Cc1cc(OC)c(OC)cc1Br)C1CCNCC1. The summed E-state index contributed by atoms with van der Waals surface area (Å²) in [6, 6.07) is 4.76. The van der Waals surface area contributed by atoms with Crippen LogP contribution in [0.15, 0.2) is 16.6 Å². The predicted octanol–water partition coefficient (Wildman–Crippen LogP) is 3.43. The molecule has 0 radical (unpaired) electrons. The van der Waals surface area contributed by atoms with Crippen LogP contribution in [0, 0.1) is 0 Å². The molecule has 0 saturated carbocycles. The summed E-state index contributed by atoms with van der Waals surface area (Å²) in [4.78, 5) is 2.60. The molecule has 5 heteroatoms. The van der Waals surface area contributed by atoms with Crippen LogP contribution in [0.3, 0.4) is 0 Å². The molecule has 1 N–H and O–H groups in total. The fourth-order valence-corrected chi connectivity index (χ4v) is 3.53. The van der Waals surface area contributed by atoms with Crippen molar-refractivity contribution < 1.29 is 9.47 Å². The second-order valence-corrected chi connectivity index (χ2v) is 6.60. The summed E-state index contributed by atoms with van der Waals surface area (Å²) >= 11 is 3.68. The molecule has 1 aromatic rings. The number of benzene rings is 1. The Balaban J connectivity index is 2.17. The lowest BCUT2D eigenvalue weighted by atomic mass is 10.0. The minimum atomic E-state index is 0.668. The van der Waals surface area contributed by atoms with E-state index in [1.807, 2.05) is 6.07 Å². The van der Waals surface area contributed by atoms with Crippen LogP contribution in [0.1, 0.15) is 31.7 Å². The molecule has 1 saturated heterocycles. The number of ether oxygens (including phenoxy) is 2. The van der Waals surface area contributed by atoms with Crippen LogP contribution < -0.4 is 14.8 Å².